The van der Waals surface area contributed by atoms with Gasteiger partial charge in [-0.3, -0.25) is 0 Å². The van der Waals surface area contributed by atoms with Crippen LogP contribution in [0.25, 0.3) is 11.1 Å². The number of halogens is 2. The Morgan fingerprint density at radius 2 is 1.62 bits per heavy atom. The van der Waals surface area contributed by atoms with E-state index < -0.39 is 17.6 Å². The van der Waals surface area contributed by atoms with Gasteiger partial charge in [-0.1, -0.05) is 35.9 Å². The summed E-state index contributed by atoms with van der Waals surface area (Å²) in [5, 5.41) is 0. The fraction of sp³-hybridized carbons (Fsp3) is 0.118. The molecule has 2 aromatic carbocycles. The molecule has 0 aliphatic carbocycles. The molecule has 0 N–H and O–H groups in total. The van der Waals surface area contributed by atoms with Crippen molar-refractivity contribution in [1.82, 2.24) is 0 Å². The topological polar surface area (TPSA) is 26.3 Å². The van der Waals surface area contributed by atoms with Crippen molar-refractivity contribution in [1.29, 1.82) is 0 Å². The first-order valence-electron chi connectivity index (χ1n) is 6.49. The van der Waals surface area contributed by atoms with E-state index in [0.717, 1.165) is 23.3 Å². The molecule has 21 heavy (non-hydrogen) atoms. The number of esters is 1. The molecule has 0 radical (unpaired) electrons. The Bertz CT molecular complexity index is 746. The molecule has 0 saturated carbocycles. The van der Waals surface area contributed by atoms with Gasteiger partial charge >= 0.3 is 5.97 Å². The lowest BCUT2D eigenvalue weighted by Crippen LogP contribution is -1.99. The fourth-order valence-electron chi connectivity index (χ4n) is 2.33. The van der Waals surface area contributed by atoms with Gasteiger partial charge in [0.05, 0.1) is 5.57 Å². The van der Waals surface area contributed by atoms with Crippen LogP contribution in [0, 0.1) is 18.6 Å². The minimum absolute atomic E-state index is 0.135. The molecule has 0 atom stereocenters. The molecule has 2 nitrogen and oxygen atoms in total. The molecule has 0 saturated heterocycles. The molecule has 0 aromatic heterocycles. The van der Waals surface area contributed by atoms with Crippen LogP contribution >= 0.6 is 0 Å². The molecule has 1 aliphatic heterocycles. The number of cyclic esters (lactones) is 1. The van der Waals surface area contributed by atoms with Gasteiger partial charge in [-0.25, -0.2) is 13.6 Å². The van der Waals surface area contributed by atoms with Crippen LogP contribution < -0.4 is 0 Å². The van der Waals surface area contributed by atoms with Crippen molar-refractivity contribution < 1.29 is 18.3 Å². The van der Waals surface area contributed by atoms with Crippen LogP contribution in [0.5, 0.6) is 0 Å². The van der Waals surface area contributed by atoms with Crippen LogP contribution in [-0.2, 0) is 9.53 Å². The van der Waals surface area contributed by atoms with Crippen LogP contribution in [-0.4, -0.2) is 12.6 Å². The van der Waals surface area contributed by atoms with Crippen molar-refractivity contribution in [3.63, 3.8) is 0 Å². The molecule has 3 rings (SSSR count). The summed E-state index contributed by atoms with van der Waals surface area (Å²) in [6, 6.07) is 11.0. The van der Waals surface area contributed by atoms with Crippen LogP contribution in [0.3, 0.4) is 0 Å². The predicted molar refractivity (Wildman–Crippen MR) is 75.3 cm³/mol. The van der Waals surface area contributed by atoms with E-state index in [2.05, 4.69) is 0 Å². The first kappa shape index (κ1) is 13.5. The Morgan fingerprint density at radius 1 is 0.952 bits per heavy atom. The molecular weight excluding hydrogens is 274 g/mol. The number of benzene rings is 2. The molecule has 0 bridgehead atoms. The van der Waals surface area contributed by atoms with Crippen LogP contribution in [0.4, 0.5) is 8.78 Å². The molecule has 1 aliphatic rings. The normalized spacial score (nSPS) is 14.5. The fourth-order valence-corrected chi connectivity index (χ4v) is 2.33. The second-order valence-corrected chi connectivity index (χ2v) is 4.92. The summed E-state index contributed by atoms with van der Waals surface area (Å²) in [4.78, 5) is 11.9. The lowest BCUT2D eigenvalue weighted by atomic mass is 9.96. The average molecular weight is 286 g/mol. The van der Waals surface area contributed by atoms with E-state index in [1.54, 1.807) is 0 Å². The zero-order valence-electron chi connectivity index (χ0n) is 11.3. The highest BCUT2D eigenvalue weighted by atomic mass is 19.2. The Balaban J connectivity index is 2.14. The zero-order chi connectivity index (χ0) is 15.0. The summed E-state index contributed by atoms with van der Waals surface area (Å²) in [5.74, 6) is -2.44. The quantitative estimate of drug-likeness (QED) is 0.786. The smallest absolute Gasteiger partial charge is 0.339 e. The van der Waals surface area contributed by atoms with Gasteiger partial charge in [-0.2, -0.15) is 0 Å². The first-order valence-corrected chi connectivity index (χ1v) is 6.49. The Kier molecular flexibility index (Phi) is 3.29. The number of aryl methyl sites for hydroxylation is 1. The van der Waals surface area contributed by atoms with Crippen LogP contribution in [0.15, 0.2) is 42.5 Å². The second kappa shape index (κ2) is 5.13. The lowest BCUT2D eigenvalue weighted by Gasteiger charge is -2.05. The van der Waals surface area contributed by atoms with Gasteiger partial charge in [0, 0.05) is 5.57 Å². The highest BCUT2D eigenvalue weighted by Crippen LogP contribution is 2.33. The Hall–Kier alpha value is -2.49. The summed E-state index contributed by atoms with van der Waals surface area (Å²) < 4.78 is 31.5. The van der Waals surface area contributed by atoms with Gasteiger partial charge in [0.1, 0.15) is 6.61 Å². The van der Waals surface area contributed by atoms with E-state index >= 15 is 0 Å². The maximum absolute atomic E-state index is 13.4. The van der Waals surface area contributed by atoms with Gasteiger partial charge in [0.2, 0.25) is 0 Å². The molecular formula is C17H12F2O2. The molecule has 0 amide bonds. The minimum Gasteiger partial charge on any atom is -0.457 e. The standard InChI is InChI=1S/C17H12F2O2/c1-10-2-4-11(5-3-10)13-9-21-17(20)16(13)12-6-7-14(18)15(19)8-12/h2-8H,9H2,1H3. The predicted octanol–water partition coefficient (Wildman–Crippen LogP) is 3.74. The summed E-state index contributed by atoms with van der Waals surface area (Å²) in [6.45, 7) is 2.10. The van der Waals surface area contributed by atoms with Gasteiger partial charge in [0.25, 0.3) is 0 Å². The van der Waals surface area contributed by atoms with E-state index in [-0.39, 0.29) is 12.2 Å². The maximum atomic E-state index is 13.4. The maximum Gasteiger partial charge on any atom is 0.339 e. The van der Waals surface area contributed by atoms with Crippen molar-refractivity contribution in [3.05, 3.63) is 70.8 Å². The zero-order valence-corrected chi connectivity index (χ0v) is 11.3. The van der Waals surface area contributed by atoms with E-state index in [9.17, 15) is 13.6 Å². The summed E-state index contributed by atoms with van der Waals surface area (Å²) in [6.07, 6.45) is 0. The lowest BCUT2D eigenvalue weighted by molar-refractivity contribution is -0.133. The van der Waals surface area contributed by atoms with E-state index in [1.165, 1.54) is 6.07 Å². The second-order valence-electron chi connectivity index (χ2n) is 4.92. The third-order valence-electron chi connectivity index (χ3n) is 3.46. The summed E-state index contributed by atoms with van der Waals surface area (Å²) >= 11 is 0. The molecule has 0 unspecified atom stereocenters. The Labute approximate surface area is 120 Å². The third-order valence-corrected chi connectivity index (χ3v) is 3.46. The van der Waals surface area contributed by atoms with Crippen molar-refractivity contribution in [2.75, 3.05) is 6.61 Å². The molecule has 0 spiro atoms. The number of carbonyl (C=O) groups excluding carboxylic acids is 1. The monoisotopic (exact) mass is 286 g/mol. The van der Waals surface area contributed by atoms with Crippen LogP contribution in [0.2, 0.25) is 0 Å². The molecule has 0 fully saturated rings. The minimum atomic E-state index is -0.983. The number of hydrogen-bond donors (Lipinski definition) is 0. The molecule has 2 aromatic rings. The molecule has 1 heterocycles. The number of carbonyl (C=O) groups is 1. The average Bonchev–Trinajstić information content (AvgIpc) is 2.85. The third kappa shape index (κ3) is 2.44. The summed E-state index contributed by atoms with van der Waals surface area (Å²) in [7, 11) is 0. The number of hydrogen-bond acceptors (Lipinski definition) is 2. The summed E-state index contributed by atoms with van der Waals surface area (Å²) in [5.41, 5.74) is 3.24. The van der Waals surface area contributed by atoms with Crippen LogP contribution in [0.1, 0.15) is 16.7 Å². The molecule has 4 heteroatoms. The van der Waals surface area contributed by atoms with Crippen molar-refractivity contribution in [2.24, 2.45) is 0 Å². The first-order chi connectivity index (χ1) is 10.1. The van der Waals surface area contributed by atoms with E-state index in [4.69, 9.17) is 4.74 Å². The van der Waals surface area contributed by atoms with Crippen molar-refractivity contribution in [2.45, 2.75) is 6.92 Å². The van der Waals surface area contributed by atoms with Crippen molar-refractivity contribution >= 4 is 17.1 Å². The van der Waals surface area contributed by atoms with E-state index in [0.29, 0.717) is 11.1 Å². The van der Waals surface area contributed by atoms with Gasteiger partial charge in [0.15, 0.2) is 11.6 Å². The van der Waals surface area contributed by atoms with E-state index in [1.807, 2.05) is 31.2 Å². The largest absolute Gasteiger partial charge is 0.457 e. The van der Waals surface area contributed by atoms with Gasteiger partial charge in [-0.05, 0) is 30.2 Å². The van der Waals surface area contributed by atoms with Gasteiger partial charge in [-0.15, -0.1) is 0 Å². The molecule has 106 valence electrons. The number of rotatable bonds is 2. The highest BCUT2D eigenvalue weighted by Gasteiger charge is 2.27. The SMILES string of the molecule is Cc1ccc(C2=C(c3ccc(F)c(F)c3)C(=O)OC2)cc1. The Morgan fingerprint density at radius 3 is 2.29 bits per heavy atom. The highest BCUT2D eigenvalue weighted by molar-refractivity contribution is 6.27. The van der Waals surface area contributed by atoms with Crippen molar-refractivity contribution in [3.8, 4) is 0 Å². The van der Waals surface area contributed by atoms with Gasteiger partial charge < -0.3 is 4.74 Å². The number of ether oxygens (including phenoxy) is 1.